The van der Waals surface area contributed by atoms with E-state index < -0.39 is 11.7 Å². The van der Waals surface area contributed by atoms with Crippen LogP contribution in [-0.2, 0) is 14.3 Å². The number of benzene rings is 1. The SMILES string of the molecule is COCCOCC(=O)Nc1cccc(F)c1C(N)=S. The fraction of sp³-hybridized carbons (Fsp3) is 0.333. The molecule has 0 spiro atoms. The van der Waals surface area contributed by atoms with Gasteiger partial charge in [-0.3, -0.25) is 4.79 Å². The van der Waals surface area contributed by atoms with Gasteiger partial charge in [-0.1, -0.05) is 18.3 Å². The second kappa shape index (κ2) is 7.78. The van der Waals surface area contributed by atoms with Gasteiger partial charge < -0.3 is 20.5 Å². The Bertz CT molecular complexity index is 468. The van der Waals surface area contributed by atoms with Crippen molar-refractivity contribution >= 4 is 28.8 Å². The van der Waals surface area contributed by atoms with Crippen LogP contribution in [0.2, 0.25) is 0 Å². The fourth-order valence-electron chi connectivity index (χ4n) is 1.37. The number of methoxy groups -OCH3 is 1. The lowest BCUT2D eigenvalue weighted by molar-refractivity contribution is -0.121. The number of halogens is 1. The van der Waals surface area contributed by atoms with Crippen molar-refractivity contribution in [1.82, 2.24) is 0 Å². The molecule has 0 saturated carbocycles. The van der Waals surface area contributed by atoms with Crippen molar-refractivity contribution in [3.8, 4) is 0 Å². The lowest BCUT2D eigenvalue weighted by Crippen LogP contribution is -2.22. The van der Waals surface area contributed by atoms with Crippen LogP contribution in [0.15, 0.2) is 18.2 Å². The number of amides is 1. The lowest BCUT2D eigenvalue weighted by Gasteiger charge is -2.11. The molecule has 1 rings (SSSR count). The van der Waals surface area contributed by atoms with Crippen LogP contribution in [0.3, 0.4) is 0 Å². The van der Waals surface area contributed by atoms with Gasteiger partial charge in [0, 0.05) is 7.11 Å². The zero-order chi connectivity index (χ0) is 14.3. The van der Waals surface area contributed by atoms with E-state index in [0.717, 1.165) is 0 Å². The summed E-state index contributed by atoms with van der Waals surface area (Å²) < 4.78 is 23.3. The number of anilines is 1. The third kappa shape index (κ3) is 4.90. The quantitative estimate of drug-likeness (QED) is 0.579. The van der Waals surface area contributed by atoms with Crippen molar-refractivity contribution in [1.29, 1.82) is 0 Å². The van der Waals surface area contributed by atoms with E-state index >= 15 is 0 Å². The molecule has 1 aromatic rings. The number of ether oxygens (including phenoxy) is 2. The summed E-state index contributed by atoms with van der Waals surface area (Å²) in [6.07, 6.45) is 0. The summed E-state index contributed by atoms with van der Waals surface area (Å²) in [4.78, 5) is 11.5. The lowest BCUT2D eigenvalue weighted by atomic mass is 10.1. The number of nitrogens with one attached hydrogen (secondary N) is 1. The van der Waals surface area contributed by atoms with E-state index in [1.54, 1.807) is 0 Å². The first-order chi connectivity index (χ1) is 9.06. The first kappa shape index (κ1) is 15.5. The van der Waals surface area contributed by atoms with E-state index in [-0.39, 0.29) is 22.8 Å². The number of nitrogens with two attached hydrogens (primary N) is 1. The van der Waals surface area contributed by atoms with Gasteiger partial charge >= 0.3 is 0 Å². The summed E-state index contributed by atoms with van der Waals surface area (Å²) >= 11 is 4.75. The van der Waals surface area contributed by atoms with Crippen LogP contribution in [-0.4, -0.2) is 37.8 Å². The van der Waals surface area contributed by atoms with Crippen LogP contribution < -0.4 is 11.1 Å². The van der Waals surface area contributed by atoms with Gasteiger partial charge in [0.25, 0.3) is 0 Å². The van der Waals surface area contributed by atoms with Gasteiger partial charge in [-0.25, -0.2) is 4.39 Å². The Morgan fingerprint density at radius 3 is 2.84 bits per heavy atom. The zero-order valence-corrected chi connectivity index (χ0v) is 11.3. The Hall–Kier alpha value is -1.57. The number of carbonyl (C=O) groups is 1. The second-order valence-corrected chi connectivity index (χ2v) is 4.06. The highest BCUT2D eigenvalue weighted by Gasteiger charge is 2.13. The van der Waals surface area contributed by atoms with Crippen LogP contribution in [0.1, 0.15) is 5.56 Å². The first-order valence-electron chi connectivity index (χ1n) is 5.51. The van der Waals surface area contributed by atoms with Gasteiger partial charge in [0.2, 0.25) is 5.91 Å². The van der Waals surface area contributed by atoms with Gasteiger partial charge in [-0.05, 0) is 12.1 Å². The van der Waals surface area contributed by atoms with Crippen molar-refractivity contribution < 1.29 is 18.7 Å². The molecule has 1 aromatic carbocycles. The molecule has 0 unspecified atom stereocenters. The molecule has 7 heteroatoms. The van der Waals surface area contributed by atoms with Crippen molar-refractivity contribution in [3.63, 3.8) is 0 Å². The van der Waals surface area contributed by atoms with E-state index in [9.17, 15) is 9.18 Å². The topological polar surface area (TPSA) is 73.6 Å². The Kier molecular flexibility index (Phi) is 6.34. The van der Waals surface area contributed by atoms with Gasteiger partial charge in [0.1, 0.15) is 17.4 Å². The number of rotatable bonds is 7. The molecule has 0 atom stereocenters. The number of hydrogen-bond donors (Lipinski definition) is 2. The predicted molar refractivity (Wildman–Crippen MR) is 73.6 cm³/mol. The first-order valence-corrected chi connectivity index (χ1v) is 5.92. The Morgan fingerprint density at radius 2 is 2.21 bits per heavy atom. The van der Waals surface area contributed by atoms with Gasteiger partial charge in [-0.15, -0.1) is 0 Å². The van der Waals surface area contributed by atoms with E-state index in [1.165, 1.54) is 25.3 Å². The molecule has 0 aromatic heterocycles. The highest BCUT2D eigenvalue weighted by atomic mass is 32.1. The molecule has 0 aliphatic carbocycles. The summed E-state index contributed by atoms with van der Waals surface area (Å²) in [7, 11) is 1.53. The maximum absolute atomic E-state index is 13.5. The average molecular weight is 286 g/mol. The smallest absolute Gasteiger partial charge is 0.250 e. The molecule has 19 heavy (non-hydrogen) atoms. The predicted octanol–water partition coefficient (Wildman–Crippen LogP) is 1.06. The number of thiocarbonyl (C=S) groups is 1. The maximum atomic E-state index is 13.5. The number of carbonyl (C=O) groups excluding carboxylic acids is 1. The van der Waals surface area contributed by atoms with Crippen molar-refractivity contribution in [2.75, 3.05) is 32.2 Å². The van der Waals surface area contributed by atoms with Crippen LogP contribution in [0.5, 0.6) is 0 Å². The highest BCUT2D eigenvalue weighted by molar-refractivity contribution is 7.80. The molecule has 5 nitrogen and oxygen atoms in total. The van der Waals surface area contributed by atoms with Crippen molar-refractivity contribution in [3.05, 3.63) is 29.6 Å². The molecule has 0 fully saturated rings. The standard InChI is InChI=1S/C12H15FN2O3S/c1-17-5-6-18-7-10(16)15-9-4-2-3-8(13)11(9)12(14)19/h2-4H,5-7H2,1H3,(H2,14,19)(H,15,16). The molecule has 0 bridgehead atoms. The van der Waals surface area contributed by atoms with E-state index in [1.807, 2.05) is 0 Å². The number of hydrogen-bond acceptors (Lipinski definition) is 4. The van der Waals surface area contributed by atoms with Gasteiger partial charge in [-0.2, -0.15) is 0 Å². The van der Waals surface area contributed by atoms with Crippen LogP contribution in [0.4, 0.5) is 10.1 Å². The minimum absolute atomic E-state index is 0.0164. The molecule has 3 N–H and O–H groups in total. The van der Waals surface area contributed by atoms with Gasteiger partial charge in [0.15, 0.2) is 0 Å². The summed E-state index contributed by atoms with van der Waals surface area (Å²) in [6.45, 7) is 0.539. The third-order valence-electron chi connectivity index (χ3n) is 2.20. The zero-order valence-electron chi connectivity index (χ0n) is 10.4. The van der Waals surface area contributed by atoms with Crippen LogP contribution >= 0.6 is 12.2 Å². The Balaban J connectivity index is 2.64. The molecule has 1 amide bonds. The summed E-state index contributed by atoms with van der Waals surface area (Å²) in [6, 6.07) is 4.20. The molecule has 104 valence electrons. The van der Waals surface area contributed by atoms with E-state index in [0.29, 0.717) is 13.2 Å². The third-order valence-corrected chi connectivity index (χ3v) is 2.40. The van der Waals surface area contributed by atoms with Crippen LogP contribution in [0, 0.1) is 5.82 Å². The molecule has 0 aliphatic heterocycles. The highest BCUT2D eigenvalue weighted by Crippen LogP contribution is 2.18. The maximum Gasteiger partial charge on any atom is 0.250 e. The molecule has 0 saturated heterocycles. The molecular weight excluding hydrogens is 271 g/mol. The second-order valence-electron chi connectivity index (χ2n) is 3.62. The van der Waals surface area contributed by atoms with E-state index in [2.05, 4.69) is 5.32 Å². The summed E-state index contributed by atoms with van der Waals surface area (Å²) in [5.74, 6) is -0.996. The van der Waals surface area contributed by atoms with Crippen molar-refractivity contribution in [2.24, 2.45) is 5.73 Å². The largest absolute Gasteiger partial charge is 0.389 e. The van der Waals surface area contributed by atoms with Crippen molar-refractivity contribution in [2.45, 2.75) is 0 Å². The average Bonchev–Trinajstić information content (AvgIpc) is 2.34. The molecule has 0 heterocycles. The van der Waals surface area contributed by atoms with Gasteiger partial charge in [0.05, 0.1) is 24.5 Å². The molecular formula is C12H15FN2O3S. The Labute approximate surface area is 115 Å². The minimum Gasteiger partial charge on any atom is -0.389 e. The summed E-state index contributed by atoms with van der Waals surface area (Å²) in [5.41, 5.74) is 5.67. The van der Waals surface area contributed by atoms with Crippen LogP contribution in [0.25, 0.3) is 0 Å². The Morgan fingerprint density at radius 1 is 1.47 bits per heavy atom. The van der Waals surface area contributed by atoms with E-state index in [4.69, 9.17) is 27.4 Å². The monoisotopic (exact) mass is 286 g/mol. The normalized spacial score (nSPS) is 10.2. The fourth-order valence-corrected chi connectivity index (χ4v) is 1.58. The minimum atomic E-state index is -0.578. The molecule has 0 aliphatic rings. The molecule has 0 radical (unpaired) electrons. The summed E-state index contributed by atoms with van der Waals surface area (Å²) in [5, 5.41) is 2.50.